The summed E-state index contributed by atoms with van der Waals surface area (Å²) >= 11 is 0. The summed E-state index contributed by atoms with van der Waals surface area (Å²) in [5.74, 6) is -0.233. The number of nitrogens with zero attached hydrogens (tertiary/aromatic N) is 1. The van der Waals surface area contributed by atoms with E-state index in [9.17, 15) is 18.0 Å². The molecule has 0 amide bonds. The largest absolute Gasteiger partial charge is 0.494 e. The molecule has 0 atom stereocenters. The van der Waals surface area contributed by atoms with Gasteiger partial charge >= 0.3 is 5.97 Å². The van der Waals surface area contributed by atoms with E-state index in [2.05, 4.69) is 0 Å². The Kier molecular flexibility index (Phi) is 7.70. The molecule has 0 fully saturated rings. The third kappa shape index (κ3) is 6.00. The Morgan fingerprint density at radius 2 is 1.68 bits per heavy atom. The van der Waals surface area contributed by atoms with E-state index < -0.39 is 22.6 Å². The molecule has 0 saturated carbocycles. The summed E-state index contributed by atoms with van der Waals surface area (Å²) in [7, 11) is -3.80. The molecule has 34 heavy (non-hydrogen) atoms. The molecular formula is C25H26N2O6S. The average Bonchev–Trinajstić information content (AvgIpc) is 3.10. The van der Waals surface area contributed by atoms with Crippen LogP contribution in [0.25, 0.3) is 11.8 Å². The van der Waals surface area contributed by atoms with Gasteiger partial charge in [0.2, 0.25) is 15.8 Å². The highest BCUT2D eigenvalue weighted by Gasteiger charge is 2.18. The van der Waals surface area contributed by atoms with Crippen LogP contribution in [0.1, 0.15) is 34.2 Å². The van der Waals surface area contributed by atoms with Crippen LogP contribution in [0.5, 0.6) is 5.75 Å². The van der Waals surface area contributed by atoms with Crippen LogP contribution in [-0.4, -0.2) is 38.0 Å². The Labute approximate surface area is 198 Å². The quantitative estimate of drug-likeness (QED) is 0.283. The second-order valence-electron chi connectivity index (χ2n) is 7.53. The zero-order valence-electron chi connectivity index (χ0n) is 19.1. The van der Waals surface area contributed by atoms with Gasteiger partial charge in [-0.25, -0.2) is 18.4 Å². The molecule has 9 heteroatoms. The number of carbonyl (C=O) groups is 2. The number of ether oxygens (including phenoxy) is 2. The average molecular weight is 483 g/mol. The summed E-state index contributed by atoms with van der Waals surface area (Å²) in [6.45, 7) is 5.66. The smallest absolute Gasteiger partial charge is 0.331 e. The van der Waals surface area contributed by atoms with Gasteiger partial charge in [0.1, 0.15) is 5.75 Å². The number of ketones is 1. The molecule has 8 nitrogen and oxygen atoms in total. The summed E-state index contributed by atoms with van der Waals surface area (Å²) in [6.07, 6.45) is 2.86. The first-order valence-corrected chi connectivity index (χ1v) is 12.1. The zero-order chi connectivity index (χ0) is 24.9. The lowest BCUT2D eigenvalue weighted by Gasteiger charge is -2.10. The van der Waals surface area contributed by atoms with Crippen molar-refractivity contribution in [2.45, 2.75) is 25.7 Å². The molecule has 1 heterocycles. The van der Waals surface area contributed by atoms with Crippen LogP contribution in [0.3, 0.4) is 0 Å². The minimum absolute atomic E-state index is 0.000199. The third-order valence-corrected chi connectivity index (χ3v) is 6.03. The minimum Gasteiger partial charge on any atom is -0.494 e. The van der Waals surface area contributed by atoms with E-state index in [-0.39, 0.29) is 10.7 Å². The second-order valence-corrected chi connectivity index (χ2v) is 9.09. The normalized spacial score (nSPS) is 11.5. The van der Waals surface area contributed by atoms with Gasteiger partial charge in [0.15, 0.2) is 6.61 Å². The van der Waals surface area contributed by atoms with Crippen molar-refractivity contribution in [3.63, 3.8) is 0 Å². The van der Waals surface area contributed by atoms with E-state index in [4.69, 9.17) is 14.6 Å². The van der Waals surface area contributed by atoms with Gasteiger partial charge in [-0.3, -0.25) is 4.79 Å². The molecule has 3 aromatic rings. The van der Waals surface area contributed by atoms with Crippen LogP contribution in [0, 0.1) is 13.8 Å². The van der Waals surface area contributed by atoms with Crippen molar-refractivity contribution in [3.8, 4) is 11.4 Å². The van der Waals surface area contributed by atoms with Crippen molar-refractivity contribution < 1.29 is 27.5 Å². The number of hydrogen-bond donors (Lipinski definition) is 1. The number of aromatic nitrogens is 1. The van der Waals surface area contributed by atoms with Crippen LogP contribution in [0.15, 0.2) is 65.6 Å². The first kappa shape index (κ1) is 24.9. The summed E-state index contributed by atoms with van der Waals surface area (Å²) in [5.41, 5.74) is 3.30. The lowest BCUT2D eigenvalue weighted by molar-refractivity contribution is -0.136. The highest BCUT2D eigenvalue weighted by Crippen LogP contribution is 2.22. The maximum absolute atomic E-state index is 12.7. The SMILES string of the molecule is CCOc1ccc(/C=C/C(=O)OCC(=O)c2cc(C)n(-c3ccc(S(N)(=O)=O)cc3)c2C)cc1. The Balaban J connectivity index is 1.65. The van der Waals surface area contributed by atoms with Crippen LogP contribution in [-0.2, 0) is 19.6 Å². The summed E-state index contributed by atoms with van der Waals surface area (Å²) in [4.78, 5) is 24.8. The van der Waals surface area contributed by atoms with E-state index in [1.54, 1.807) is 43.3 Å². The van der Waals surface area contributed by atoms with E-state index in [1.165, 1.54) is 18.2 Å². The molecule has 0 bridgehead atoms. The van der Waals surface area contributed by atoms with Crippen molar-refractivity contribution in [2.75, 3.05) is 13.2 Å². The molecule has 0 unspecified atom stereocenters. The van der Waals surface area contributed by atoms with Crippen LogP contribution in [0.2, 0.25) is 0 Å². The van der Waals surface area contributed by atoms with Crippen LogP contribution < -0.4 is 9.88 Å². The predicted molar refractivity (Wildman–Crippen MR) is 129 cm³/mol. The van der Waals surface area contributed by atoms with Crippen LogP contribution in [0.4, 0.5) is 0 Å². The summed E-state index contributed by atoms with van der Waals surface area (Å²) in [5, 5.41) is 5.15. The Bertz CT molecular complexity index is 1320. The van der Waals surface area contributed by atoms with Crippen molar-refractivity contribution in [1.82, 2.24) is 4.57 Å². The number of hydrogen-bond acceptors (Lipinski definition) is 6. The van der Waals surface area contributed by atoms with Crippen molar-refractivity contribution in [3.05, 3.63) is 83.2 Å². The van der Waals surface area contributed by atoms with Gasteiger partial charge in [-0.2, -0.15) is 0 Å². The second kappa shape index (κ2) is 10.5. The van der Waals surface area contributed by atoms with E-state index in [0.717, 1.165) is 17.0 Å². The fourth-order valence-electron chi connectivity index (χ4n) is 3.50. The number of primary sulfonamides is 1. The van der Waals surface area contributed by atoms with Crippen molar-refractivity contribution in [2.24, 2.45) is 5.14 Å². The monoisotopic (exact) mass is 482 g/mol. The fraction of sp³-hybridized carbons (Fsp3) is 0.200. The van der Waals surface area contributed by atoms with Gasteiger partial charge in [0.05, 0.1) is 11.5 Å². The standard InChI is InChI=1S/C25H26N2O6S/c1-4-32-21-10-5-19(6-11-21)7-14-25(29)33-16-24(28)23-15-17(2)27(18(23)3)20-8-12-22(13-9-20)34(26,30)31/h5-15H,4,16H2,1-3H3,(H2,26,30,31)/b14-7+. The number of sulfonamides is 1. The topological polar surface area (TPSA) is 118 Å². The molecule has 178 valence electrons. The lowest BCUT2D eigenvalue weighted by Crippen LogP contribution is -2.13. The van der Waals surface area contributed by atoms with Gasteiger partial charge < -0.3 is 14.0 Å². The van der Waals surface area contributed by atoms with Crippen molar-refractivity contribution in [1.29, 1.82) is 0 Å². The molecule has 2 aromatic carbocycles. The molecule has 3 rings (SSSR count). The highest BCUT2D eigenvalue weighted by molar-refractivity contribution is 7.89. The molecule has 0 aliphatic heterocycles. The lowest BCUT2D eigenvalue weighted by atomic mass is 10.1. The number of Topliss-reactive ketones (excluding diaryl/α,β-unsaturated/α-hetero) is 1. The first-order valence-electron chi connectivity index (χ1n) is 10.5. The zero-order valence-corrected chi connectivity index (χ0v) is 20.0. The van der Waals surface area contributed by atoms with E-state index in [1.807, 2.05) is 30.5 Å². The number of esters is 1. The van der Waals surface area contributed by atoms with Gasteiger partial charge in [-0.1, -0.05) is 12.1 Å². The van der Waals surface area contributed by atoms with E-state index >= 15 is 0 Å². The number of carbonyl (C=O) groups excluding carboxylic acids is 2. The molecule has 2 N–H and O–H groups in total. The summed E-state index contributed by atoms with van der Waals surface area (Å²) in [6, 6.07) is 15.0. The Morgan fingerprint density at radius 3 is 2.26 bits per heavy atom. The van der Waals surface area contributed by atoms with Gasteiger partial charge in [0, 0.05) is 28.7 Å². The Hall–Kier alpha value is -3.69. The fourth-order valence-corrected chi connectivity index (χ4v) is 4.01. The number of benzene rings is 2. The molecule has 0 saturated heterocycles. The van der Waals surface area contributed by atoms with Gasteiger partial charge in [0.25, 0.3) is 0 Å². The molecule has 0 aliphatic rings. The van der Waals surface area contributed by atoms with Crippen LogP contribution >= 0.6 is 0 Å². The van der Waals surface area contributed by atoms with Gasteiger partial charge in [-0.05, 0) is 74.9 Å². The molecule has 0 spiro atoms. The molecule has 1 aromatic heterocycles. The summed E-state index contributed by atoms with van der Waals surface area (Å²) < 4.78 is 35.3. The first-order chi connectivity index (χ1) is 16.1. The molecular weight excluding hydrogens is 456 g/mol. The number of aryl methyl sites for hydroxylation is 1. The molecule has 0 aliphatic carbocycles. The highest BCUT2D eigenvalue weighted by atomic mass is 32.2. The van der Waals surface area contributed by atoms with E-state index in [0.29, 0.717) is 23.6 Å². The third-order valence-electron chi connectivity index (χ3n) is 5.10. The van der Waals surface area contributed by atoms with Crippen molar-refractivity contribution >= 4 is 27.9 Å². The van der Waals surface area contributed by atoms with Gasteiger partial charge in [-0.15, -0.1) is 0 Å². The maximum Gasteiger partial charge on any atom is 0.331 e. The Morgan fingerprint density at radius 1 is 1.03 bits per heavy atom. The predicted octanol–water partition coefficient (Wildman–Crippen LogP) is 3.58. The number of rotatable bonds is 9. The number of nitrogens with two attached hydrogens (primary N) is 1. The maximum atomic E-state index is 12.7. The molecule has 0 radical (unpaired) electrons. The minimum atomic E-state index is -3.80.